The number of rotatable bonds is 4. The summed E-state index contributed by atoms with van der Waals surface area (Å²) < 4.78 is 5.47. The van der Waals surface area contributed by atoms with Crippen LogP contribution in [0.1, 0.15) is 36.7 Å². The number of piperidine rings is 1. The Bertz CT molecular complexity index is 1330. The first-order valence-corrected chi connectivity index (χ1v) is 13.1. The topological polar surface area (TPSA) is 74.8 Å². The lowest BCUT2D eigenvalue weighted by atomic mass is 9.70. The molecule has 0 radical (unpaired) electrons. The van der Waals surface area contributed by atoms with Gasteiger partial charge in [-0.25, -0.2) is 9.78 Å². The van der Waals surface area contributed by atoms with Crippen LogP contribution in [-0.2, 0) is 9.53 Å². The lowest BCUT2D eigenvalue weighted by Gasteiger charge is -2.46. The molecule has 0 spiro atoms. The summed E-state index contributed by atoms with van der Waals surface area (Å²) >= 11 is 0. The summed E-state index contributed by atoms with van der Waals surface area (Å²) in [4.78, 5) is 36.4. The minimum absolute atomic E-state index is 0.0179. The van der Waals surface area contributed by atoms with Gasteiger partial charge in [0.1, 0.15) is 5.82 Å². The molecule has 0 saturated carbocycles. The Labute approximate surface area is 224 Å². The van der Waals surface area contributed by atoms with Crippen LogP contribution >= 0.6 is 0 Å². The maximum Gasteiger partial charge on any atom is 0.322 e. The zero-order valence-corrected chi connectivity index (χ0v) is 22.2. The molecule has 1 aromatic heterocycles. The molecule has 7 nitrogen and oxygen atoms in total. The fourth-order valence-corrected chi connectivity index (χ4v) is 5.31. The normalized spacial score (nSPS) is 20.4. The van der Waals surface area contributed by atoms with E-state index in [0.717, 1.165) is 30.0 Å². The molecule has 196 valence electrons. The van der Waals surface area contributed by atoms with Gasteiger partial charge in [0.15, 0.2) is 5.78 Å². The van der Waals surface area contributed by atoms with Crippen LogP contribution in [-0.4, -0.2) is 54.5 Å². The number of ketones is 1. The van der Waals surface area contributed by atoms with Crippen LogP contribution in [0.2, 0.25) is 0 Å². The predicted molar refractivity (Wildman–Crippen MR) is 150 cm³/mol. The highest BCUT2D eigenvalue weighted by Gasteiger charge is 2.48. The van der Waals surface area contributed by atoms with Gasteiger partial charge in [0, 0.05) is 24.4 Å². The standard InChI is InChI=1S/C31H34N4O3/c1-22-12-14-25(15-13-22)33-30(37)35-21-24(29(36)31(2,3)28(35)23-8-5-4-6-9-23)20-26-10-7-11-27(32-26)34-16-18-38-19-17-34/h4-15,20,28H,16-19,21H2,1-3H3,(H,33,37)/b24-20+. The number of likely N-dealkylation sites (tertiary alicyclic amines) is 1. The summed E-state index contributed by atoms with van der Waals surface area (Å²) in [6.45, 7) is 8.94. The number of pyridine rings is 1. The van der Waals surface area contributed by atoms with E-state index in [9.17, 15) is 9.59 Å². The van der Waals surface area contributed by atoms with Crippen molar-refractivity contribution < 1.29 is 14.3 Å². The third-order valence-corrected chi connectivity index (χ3v) is 7.30. The number of nitrogens with one attached hydrogen (secondary N) is 1. The molecule has 0 bridgehead atoms. The number of anilines is 2. The molecule has 3 heterocycles. The number of hydrogen-bond acceptors (Lipinski definition) is 5. The number of benzene rings is 2. The fraction of sp³-hybridized carbons (Fsp3) is 0.323. The first kappa shape index (κ1) is 25.7. The van der Waals surface area contributed by atoms with Crippen molar-refractivity contribution in [2.24, 2.45) is 5.41 Å². The van der Waals surface area contributed by atoms with E-state index in [1.165, 1.54) is 0 Å². The summed E-state index contributed by atoms with van der Waals surface area (Å²) in [7, 11) is 0. The molecule has 7 heteroatoms. The Morgan fingerprint density at radius 2 is 1.71 bits per heavy atom. The number of aromatic nitrogens is 1. The van der Waals surface area contributed by atoms with Gasteiger partial charge in [0.25, 0.3) is 0 Å². The molecular weight excluding hydrogens is 476 g/mol. The summed E-state index contributed by atoms with van der Waals surface area (Å²) in [5.74, 6) is 0.880. The van der Waals surface area contributed by atoms with E-state index < -0.39 is 11.5 Å². The lowest BCUT2D eigenvalue weighted by molar-refractivity contribution is -0.129. The molecule has 5 rings (SSSR count). The van der Waals surface area contributed by atoms with E-state index in [4.69, 9.17) is 9.72 Å². The van der Waals surface area contributed by atoms with Gasteiger partial charge in [-0.15, -0.1) is 0 Å². The van der Waals surface area contributed by atoms with Crippen molar-refractivity contribution in [2.75, 3.05) is 43.1 Å². The maximum atomic E-state index is 13.9. The molecule has 2 aromatic carbocycles. The van der Waals surface area contributed by atoms with E-state index in [1.54, 1.807) is 4.90 Å². The molecular formula is C31H34N4O3. The molecule has 2 aliphatic heterocycles. The number of amides is 2. The Kier molecular flexibility index (Phi) is 7.29. The van der Waals surface area contributed by atoms with E-state index in [2.05, 4.69) is 10.2 Å². The minimum Gasteiger partial charge on any atom is -0.378 e. The molecule has 0 aliphatic carbocycles. The van der Waals surface area contributed by atoms with Crippen molar-refractivity contribution >= 4 is 29.4 Å². The van der Waals surface area contributed by atoms with Gasteiger partial charge >= 0.3 is 6.03 Å². The van der Waals surface area contributed by atoms with Gasteiger partial charge in [0.05, 0.1) is 36.9 Å². The van der Waals surface area contributed by atoms with Crippen molar-refractivity contribution in [2.45, 2.75) is 26.8 Å². The van der Waals surface area contributed by atoms with E-state index >= 15 is 0 Å². The quantitative estimate of drug-likeness (QED) is 0.470. The van der Waals surface area contributed by atoms with Crippen molar-refractivity contribution in [3.05, 3.63) is 95.2 Å². The lowest BCUT2D eigenvalue weighted by Crippen LogP contribution is -2.53. The molecule has 1 N–H and O–H groups in total. The number of morpholine rings is 1. The predicted octanol–water partition coefficient (Wildman–Crippen LogP) is 5.49. The van der Waals surface area contributed by atoms with Gasteiger partial charge in [-0.05, 0) is 42.8 Å². The van der Waals surface area contributed by atoms with E-state index in [0.29, 0.717) is 30.2 Å². The number of Topliss-reactive ketones (excluding diaryl/α,β-unsaturated/α-hetero) is 1. The van der Waals surface area contributed by atoms with Crippen LogP contribution in [0.15, 0.2) is 78.4 Å². The fourth-order valence-electron chi connectivity index (χ4n) is 5.31. The smallest absolute Gasteiger partial charge is 0.322 e. The molecule has 1 unspecified atom stereocenters. The van der Waals surface area contributed by atoms with Crippen molar-refractivity contribution in [1.82, 2.24) is 9.88 Å². The molecule has 2 fully saturated rings. The van der Waals surface area contributed by atoms with Crippen LogP contribution in [0.5, 0.6) is 0 Å². The second-order valence-corrected chi connectivity index (χ2v) is 10.5. The van der Waals surface area contributed by atoms with Crippen LogP contribution in [0.4, 0.5) is 16.3 Å². The summed E-state index contributed by atoms with van der Waals surface area (Å²) in [5.41, 5.74) is 3.17. The molecule has 3 aromatic rings. The summed E-state index contributed by atoms with van der Waals surface area (Å²) in [6.07, 6.45) is 1.83. The molecule has 2 aliphatic rings. The highest BCUT2D eigenvalue weighted by Crippen LogP contribution is 2.45. The average molecular weight is 511 g/mol. The molecule has 2 amide bonds. The van der Waals surface area contributed by atoms with Crippen LogP contribution in [0.3, 0.4) is 0 Å². The van der Waals surface area contributed by atoms with Gasteiger partial charge < -0.3 is 19.9 Å². The first-order valence-electron chi connectivity index (χ1n) is 13.1. The number of hydrogen-bond donors (Lipinski definition) is 1. The number of nitrogens with zero attached hydrogens (tertiary/aromatic N) is 3. The van der Waals surface area contributed by atoms with Crippen molar-refractivity contribution in [1.29, 1.82) is 0 Å². The Morgan fingerprint density at radius 3 is 2.42 bits per heavy atom. The highest BCUT2D eigenvalue weighted by atomic mass is 16.5. The largest absolute Gasteiger partial charge is 0.378 e. The first-order chi connectivity index (χ1) is 18.3. The van der Waals surface area contributed by atoms with Gasteiger partial charge in [-0.1, -0.05) is 67.9 Å². The zero-order chi connectivity index (χ0) is 26.7. The second-order valence-electron chi connectivity index (χ2n) is 10.5. The van der Waals surface area contributed by atoms with Gasteiger partial charge in [-0.3, -0.25) is 4.79 Å². The minimum atomic E-state index is -0.849. The SMILES string of the molecule is Cc1ccc(NC(=O)N2C/C(=C\c3cccc(N4CCOCC4)n3)C(=O)C(C)(C)C2c2ccccc2)cc1. The van der Waals surface area contributed by atoms with Crippen LogP contribution in [0.25, 0.3) is 6.08 Å². The maximum absolute atomic E-state index is 13.9. The summed E-state index contributed by atoms with van der Waals surface area (Å²) in [6, 6.07) is 22.7. The molecule has 38 heavy (non-hydrogen) atoms. The van der Waals surface area contributed by atoms with Gasteiger partial charge in [0.2, 0.25) is 0 Å². The van der Waals surface area contributed by atoms with Crippen LogP contribution in [0, 0.1) is 12.3 Å². The third kappa shape index (κ3) is 5.34. The van der Waals surface area contributed by atoms with Gasteiger partial charge in [-0.2, -0.15) is 0 Å². The second kappa shape index (κ2) is 10.8. The Hall–Kier alpha value is -3.97. The summed E-state index contributed by atoms with van der Waals surface area (Å²) in [5, 5.41) is 3.04. The van der Waals surface area contributed by atoms with Crippen LogP contribution < -0.4 is 10.2 Å². The van der Waals surface area contributed by atoms with Crippen molar-refractivity contribution in [3.63, 3.8) is 0 Å². The zero-order valence-electron chi connectivity index (χ0n) is 22.2. The number of ether oxygens (including phenoxy) is 1. The monoisotopic (exact) mass is 510 g/mol. The number of aryl methyl sites for hydroxylation is 1. The number of carbonyl (C=O) groups excluding carboxylic acids is 2. The third-order valence-electron chi connectivity index (χ3n) is 7.30. The Balaban J connectivity index is 1.50. The Morgan fingerprint density at radius 1 is 1.00 bits per heavy atom. The van der Waals surface area contributed by atoms with E-state index in [-0.39, 0.29) is 18.4 Å². The average Bonchev–Trinajstić information content (AvgIpc) is 2.93. The van der Waals surface area contributed by atoms with Crippen molar-refractivity contribution in [3.8, 4) is 0 Å². The molecule has 2 saturated heterocycles. The number of carbonyl (C=O) groups is 2. The highest BCUT2D eigenvalue weighted by molar-refractivity contribution is 6.06. The number of urea groups is 1. The molecule has 1 atom stereocenters. The van der Waals surface area contributed by atoms with E-state index in [1.807, 2.05) is 99.6 Å².